The molecule has 1 saturated heterocycles. The second-order valence-electron chi connectivity index (χ2n) is 7.50. The zero-order valence-corrected chi connectivity index (χ0v) is 21.0. The van der Waals surface area contributed by atoms with E-state index in [0.29, 0.717) is 27.8 Å². The minimum Gasteiger partial charge on any atom is -0.477 e. The minimum absolute atomic E-state index is 0.0646. The van der Waals surface area contributed by atoms with Crippen molar-refractivity contribution in [1.29, 1.82) is 0 Å². The summed E-state index contributed by atoms with van der Waals surface area (Å²) in [5.74, 6) is -1.67. The first kappa shape index (κ1) is 24.1. The minimum atomic E-state index is -1.20. The summed E-state index contributed by atoms with van der Waals surface area (Å²) in [6.07, 6.45) is 3.41. The number of oxime groups is 1. The number of carboxylic acids is 1. The summed E-state index contributed by atoms with van der Waals surface area (Å²) in [5, 5.41) is 22.3. The first-order valence-corrected chi connectivity index (χ1v) is 13.3. The molecule has 2 aliphatic rings. The molecule has 36 heavy (non-hydrogen) atoms. The van der Waals surface area contributed by atoms with Gasteiger partial charge in [0.05, 0.1) is 6.20 Å². The van der Waals surface area contributed by atoms with Gasteiger partial charge < -0.3 is 21.0 Å². The number of nitrogens with two attached hydrogens (primary N) is 1. The average Bonchev–Trinajstić information content (AvgIpc) is 3.51. The number of carboxylic acid groups (broad SMARTS) is 1. The number of hydrogen-bond donors (Lipinski definition) is 3. The number of nitrogens with zero attached hydrogens (tertiary/aromatic N) is 6. The Morgan fingerprint density at radius 3 is 2.94 bits per heavy atom. The first-order chi connectivity index (χ1) is 17.4. The molecule has 0 radical (unpaired) electrons. The maximum absolute atomic E-state index is 13.0. The predicted molar refractivity (Wildman–Crippen MR) is 133 cm³/mol. The van der Waals surface area contributed by atoms with Crippen LogP contribution in [-0.2, 0) is 19.2 Å². The van der Waals surface area contributed by atoms with Gasteiger partial charge >= 0.3 is 5.97 Å². The number of nitrogen functional groups attached to an aromatic ring is 1. The Labute approximate surface area is 215 Å². The number of thiazole rings is 1. The van der Waals surface area contributed by atoms with Crippen molar-refractivity contribution in [3.63, 3.8) is 0 Å². The highest BCUT2D eigenvalue weighted by molar-refractivity contribution is 8.01. The third-order valence-corrected chi connectivity index (χ3v) is 8.35. The molecule has 0 saturated carbocycles. The van der Waals surface area contributed by atoms with Crippen LogP contribution in [0.1, 0.15) is 5.69 Å². The Kier molecular flexibility index (Phi) is 6.55. The van der Waals surface area contributed by atoms with Gasteiger partial charge in [-0.3, -0.25) is 14.5 Å². The Balaban J connectivity index is 1.30. The average molecular weight is 547 g/mol. The number of anilines is 1. The van der Waals surface area contributed by atoms with Crippen molar-refractivity contribution >= 4 is 69.1 Å². The summed E-state index contributed by atoms with van der Waals surface area (Å²) in [4.78, 5) is 52.4. The molecule has 3 aromatic heterocycles. The van der Waals surface area contributed by atoms with E-state index in [1.807, 2.05) is 0 Å². The number of β-lactam (4-membered cyclic amide) rings is 1. The zero-order chi connectivity index (χ0) is 25.4. The van der Waals surface area contributed by atoms with Crippen LogP contribution in [0.5, 0.6) is 0 Å². The van der Waals surface area contributed by atoms with Gasteiger partial charge in [0, 0.05) is 29.1 Å². The number of aliphatic carboxylic acids is 1. The molecule has 3 aromatic rings. The number of fused-ring (bicyclic) bond motifs is 2. The Morgan fingerprint density at radius 1 is 1.39 bits per heavy atom. The zero-order valence-electron chi connectivity index (χ0n) is 18.5. The van der Waals surface area contributed by atoms with Gasteiger partial charge in [0.15, 0.2) is 16.5 Å². The summed E-state index contributed by atoms with van der Waals surface area (Å²) in [7, 11) is 1.28. The number of aromatic nitrogens is 4. The molecule has 5 heterocycles. The highest BCUT2D eigenvalue weighted by Gasteiger charge is 2.54. The SMILES string of the molecule is CON=C(C(=O)N[C@@H]1C(=O)N2C(C(=O)O)=C(CSc3ccn4nccc4n3)CS[C@H]12)c1csc(N)n1. The quantitative estimate of drug-likeness (QED) is 0.119. The summed E-state index contributed by atoms with van der Waals surface area (Å²) in [6.45, 7) is 0. The van der Waals surface area contributed by atoms with Crippen molar-refractivity contribution in [2.24, 2.45) is 5.16 Å². The second kappa shape index (κ2) is 9.79. The van der Waals surface area contributed by atoms with E-state index in [4.69, 9.17) is 10.6 Å². The molecule has 16 heteroatoms. The van der Waals surface area contributed by atoms with Crippen LogP contribution < -0.4 is 11.1 Å². The van der Waals surface area contributed by atoms with Gasteiger partial charge in [-0.25, -0.2) is 19.3 Å². The lowest BCUT2D eigenvalue weighted by atomic mass is 10.0. The van der Waals surface area contributed by atoms with Crippen molar-refractivity contribution in [1.82, 2.24) is 29.8 Å². The molecule has 13 nitrogen and oxygen atoms in total. The first-order valence-electron chi connectivity index (χ1n) is 10.3. The maximum Gasteiger partial charge on any atom is 0.352 e. The third-order valence-electron chi connectivity index (χ3n) is 5.33. The number of rotatable bonds is 8. The van der Waals surface area contributed by atoms with E-state index in [1.54, 1.807) is 34.4 Å². The van der Waals surface area contributed by atoms with Gasteiger partial charge in [-0.05, 0) is 11.6 Å². The molecule has 0 spiro atoms. The fourth-order valence-electron chi connectivity index (χ4n) is 3.73. The second-order valence-corrected chi connectivity index (χ2v) is 10.5. The summed E-state index contributed by atoms with van der Waals surface area (Å²) in [6, 6.07) is 2.64. The van der Waals surface area contributed by atoms with Crippen molar-refractivity contribution < 1.29 is 24.3 Å². The highest BCUT2D eigenvalue weighted by atomic mass is 32.2. The van der Waals surface area contributed by atoms with Crippen molar-refractivity contribution in [3.8, 4) is 0 Å². The smallest absolute Gasteiger partial charge is 0.352 e. The van der Waals surface area contributed by atoms with Gasteiger partial charge in [0.2, 0.25) is 0 Å². The van der Waals surface area contributed by atoms with Crippen molar-refractivity contribution in [2.45, 2.75) is 16.4 Å². The van der Waals surface area contributed by atoms with E-state index in [0.717, 1.165) is 11.3 Å². The van der Waals surface area contributed by atoms with E-state index in [1.165, 1.54) is 35.5 Å². The van der Waals surface area contributed by atoms with Crippen LogP contribution in [-0.4, -0.2) is 83.1 Å². The molecule has 2 atom stereocenters. The molecule has 5 rings (SSSR count). The Hall–Kier alpha value is -3.63. The standard InChI is InChI=1S/C20H18N8O5S3/c1-33-26-13(10-8-36-20(21)23-10)16(29)25-14-17(30)28-15(19(31)32)9(7-35-18(14)28)6-34-12-3-5-27-11(24-12)2-4-22-27/h2-5,8,14,18H,6-7H2,1H3,(H2,21,23)(H,25,29)(H,31,32)/t14-,18-/m1/s1. The number of carbonyl (C=O) groups excluding carboxylic acids is 2. The van der Waals surface area contributed by atoms with E-state index in [9.17, 15) is 19.5 Å². The molecule has 2 aliphatic heterocycles. The van der Waals surface area contributed by atoms with Crippen LogP contribution in [0.15, 0.2) is 51.4 Å². The summed E-state index contributed by atoms with van der Waals surface area (Å²) in [5.41, 5.74) is 6.94. The summed E-state index contributed by atoms with van der Waals surface area (Å²) >= 11 is 3.88. The van der Waals surface area contributed by atoms with Crippen LogP contribution in [0, 0.1) is 0 Å². The molecule has 2 amide bonds. The third kappa shape index (κ3) is 4.38. The van der Waals surface area contributed by atoms with Gasteiger partial charge in [-0.2, -0.15) is 5.10 Å². The van der Waals surface area contributed by atoms with Gasteiger partial charge in [0.25, 0.3) is 11.8 Å². The van der Waals surface area contributed by atoms with Crippen LogP contribution in [0.25, 0.3) is 5.65 Å². The monoisotopic (exact) mass is 546 g/mol. The molecule has 0 unspecified atom stereocenters. The maximum atomic E-state index is 13.0. The van der Waals surface area contributed by atoms with Crippen LogP contribution in [0.3, 0.4) is 0 Å². The number of hydrogen-bond acceptors (Lipinski definition) is 12. The largest absolute Gasteiger partial charge is 0.477 e. The number of nitrogens with one attached hydrogen (secondary N) is 1. The molecule has 186 valence electrons. The number of thioether (sulfide) groups is 2. The van der Waals surface area contributed by atoms with E-state index in [-0.39, 0.29) is 22.2 Å². The number of amides is 2. The van der Waals surface area contributed by atoms with Crippen molar-refractivity contribution in [2.75, 3.05) is 24.3 Å². The lowest BCUT2D eigenvalue weighted by Crippen LogP contribution is -2.71. The van der Waals surface area contributed by atoms with Crippen LogP contribution in [0.4, 0.5) is 5.13 Å². The van der Waals surface area contributed by atoms with Gasteiger partial charge in [0.1, 0.15) is 34.9 Å². The van der Waals surface area contributed by atoms with Gasteiger partial charge in [-0.1, -0.05) is 5.16 Å². The van der Waals surface area contributed by atoms with Crippen molar-refractivity contribution in [3.05, 3.63) is 46.9 Å². The molecule has 0 bridgehead atoms. The van der Waals surface area contributed by atoms with Crippen LogP contribution >= 0.6 is 34.9 Å². The molecule has 1 fully saturated rings. The van der Waals surface area contributed by atoms with E-state index < -0.39 is 29.2 Å². The Bertz CT molecular complexity index is 1430. The fourth-order valence-corrected chi connectivity index (χ4v) is 6.63. The van der Waals surface area contributed by atoms with Crippen LogP contribution in [0.2, 0.25) is 0 Å². The molecular formula is C20H18N8O5S3. The Morgan fingerprint density at radius 2 is 2.22 bits per heavy atom. The lowest BCUT2D eigenvalue weighted by molar-refractivity contribution is -0.150. The topological polar surface area (TPSA) is 177 Å². The lowest BCUT2D eigenvalue weighted by Gasteiger charge is -2.49. The molecular weight excluding hydrogens is 528 g/mol. The van der Waals surface area contributed by atoms with Gasteiger partial charge in [-0.15, -0.1) is 34.9 Å². The number of carbonyl (C=O) groups is 3. The molecule has 0 aromatic carbocycles. The van der Waals surface area contributed by atoms with E-state index >= 15 is 0 Å². The molecule has 0 aliphatic carbocycles. The normalized spacial score (nSPS) is 19.8. The van der Waals surface area contributed by atoms with E-state index in [2.05, 4.69) is 25.5 Å². The highest BCUT2D eigenvalue weighted by Crippen LogP contribution is 2.41. The summed E-state index contributed by atoms with van der Waals surface area (Å²) < 4.78 is 1.63. The molecule has 4 N–H and O–H groups in total. The predicted octanol–water partition coefficient (Wildman–Crippen LogP) is 0.649. The fraction of sp³-hybridized carbons (Fsp3) is 0.250.